The van der Waals surface area contributed by atoms with Crippen LogP contribution < -0.4 is 10.2 Å². The Labute approximate surface area is 148 Å². The molecule has 2 amide bonds. The number of hydrogen-bond acceptors (Lipinski definition) is 2. The van der Waals surface area contributed by atoms with Gasteiger partial charge in [0, 0.05) is 24.2 Å². The van der Waals surface area contributed by atoms with Crippen molar-refractivity contribution >= 4 is 17.5 Å². The summed E-state index contributed by atoms with van der Waals surface area (Å²) < 4.78 is 0. The molecular weight excluding hydrogens is 312 g/mol. The van der Waals surface area contributed by atoms with Gasteiger partial charge in [0.1, 0.15) is 0 Å². The summed E-state index contributed by atoms with van der Waals surface area (Å²) in [5, 5.41) is 3.07. The van der Waals surface area contributed by atoms with Crippen LogP contribution >= 0.6 is 0 Å². The minimum absolute atomic E-state index is 0.0554. The quantitative estimate of drug-likeness (QED) is 0.923. The first-order chi connectivity index (χ1) is 12.0. The highest BCUT2D eigenvalue weighted by molar-refractivity contribution is 5.98. The Balaban J connectivity index is 1.76. The van der Waals surface area contributed by atoms with Crippen LogP contribution in [0.2, 0.25) is 0 Å². The van der Waals surface area contributed by atoms with E-state index in [1.165, 1.54) is 0 Å². The number of anilines is 1. The molecule has 0 aromatic heterocycles. The second-order valence-electron chi connectivity index (χ2n) is 6.54. The van der Waals surface area contributed by atoms with Gasteiger partial charge in [-0.3, -0.25) is 9.59 Å². The van der Waals surface area contributed by atoms with E-state index >= 15 is 0 Å². The monoisotopic (exact) mass is 336 g/mol. The smallest absolute Gasteiger partial charge is 0.251 e. The van der Waals surface area contributed by atoms with Crippen molar-refractivity contribution in [2.75, 3.05) is 11.4 Å². The Kier molecular flexibility index (Phi) is 4.88. The summed E-state index contributed by atoms with van der Waals surface area (Å²) in [5.41, 5.74) is 4.94. The van der Waals surface area contributed by atoms with Crippen LogP contribution in [0.3, 0.4) is 0 Å². The Morgan fingerprint density at radius 2 is 1.96 bits per heavy atom. The van der Waals surface area contributed by atoms with Gasteiger partial charge in [-0.05, 0) is 55.2 Å². The SMILES string of the molecule is CCC(=O)N1CCc2cc(C(=O)N[C@@H](C)c3ccccc3C)ccc21. The summed E-state index contributed by atoms with van der Waals surface area (Å²) in [4.78, 5) is 26.4. The Morgan fingerprint density at radius 1 is 1.20 bits per heavy atom. The van der Waals surface area contributed by atoms with Crippen LogP contribution in [0.4, 0.5) is 5.69 Å². The number of nitrogens with one attached hydrogen (secondary N) is 1. The topological polar surface area (TPSA) is 49.4 Å². The van der Waals surface area contributed by atoms with Gasteiger partial charge in [0.05, 0.1) is 6.04 Å². The lowest BCUT2D eigenvalue weighted by molar-refractivity contribution is -0.118. The summed E-state index contributed by atoms with van der Waals surface area (Å²) in [6.45, 7) is 6.61. The van der Waals surface area contributed by atoms with Crippen LogP contribution in [0.25, 0.3) is 0 Å². The zero-order valence-electron chi connectivity index (χ0n) is 15.0. The number of benzene rings is 2. The van der Waals surface area contributed by atoms with Crippen LogP contribution in [0, 0.1) is 6.92 Å². The molecule has 0 saturated carbocycles. The molecule has 0 aliphatic carbocycles. The van der Waals surface area contributed by atoms with Crippen LogP contribution in [0.1, 0.15) is 53.4 Å². The standard InChI is InChI=1S/C21H24N2O2/c1-4-20(24)23-12-11-16-13-17(9-10-19(16)23)21(25)22-15(3)18-8-6-5-7-14(18)2/h5-10,13,15H,4,11-12H2,1-3H3,(H,22,25)/t15-/m0/s1. The molecule has 1 heterocycles. The summed E-state index contributed by atoms with van der Waals surface area (Å²) in [6.07, 6.45) is 1.30. The van der Waals surface area contributed by atoms with Crippen molar-refractivity contribution in [2.24, 2.45) is 0 Å². The minimum Gasteiger partial charge on any atom is -0.346 e. The number of aryl methyl sites for hydroxylation is 1. The number of nitrogens with zero attached hydrogens (tertiary/aromatic N) is 1. The number of amides is 2. The molecule has 4 nitrogen and oxygen atoms in total. The largest absolute Gasteiger partial charge is 0.346 e. The molecule has 2 aromatic carbocycles. The highest BCUT2D eigenvalue weighted by Crippen LogP contribution is 2.29. The molecule has 25 heavy (non-hydrogen) atoms. The lowest BCUT2D eigenvalue weighted by Gasteiger charge is -2.18. The van der Waals surface area contributed by atoms with E-state index < -0.39 is 0 Å². The lowest BCUT2D eigenvalue weighted by atomic mass is 10.0. The summed E-state index contributed by atoms with van der Waals surface area (Å²) in [6, 6.07) is 13.6. The van der Waals surface area contributed by atoms with E-state index in [1.807, 2.05) is 62.1 Å². The number of rotatable bonds is 4. The van der Waals surface area contributed by atoms with Crippen LogP contribution in [0.5, 0.6) is 0 Å². The second-order valence-corrected chi connectivity index (χ2v) is 6.54. The number of hydrogen-bond donors (Lipinski definition) is 1. The normalized spacial score (nSPS) is 14.1. The third-order valence-electron chi connectivity index (χ3n) is 4.84. The van der Waals surface area contributed by atoms with E-state index in [0.29, 0.717) is 18.5 Å². The van der Waals surface area contributed by atoms with E-state index in [9.17, 15) is 9.59 Å². The van der Waals surface area contributed by atoms with Crippen molar-refractivity contribution in [3.63, 3.8) is 0 Å². The van der Waals surface area contributed by atoms with Crippen molar-refractivity contribution < 1.29 is 9.59 Å². The maximum Gasteiger partial charge on any atom is 0.251 e. The second kappa shape index (κ2) is 7.09. The highest BCUT2D eigenvalue weighted by Gasteiger charge is 2.24. The molecular formula is C21H24N2O2. The molecule has 2 aromatic rings. The molecule has 130 valence electrons. The molecule has 4 heteroatoms. The van der Waals surface area contributed by atoms with Gasteiger partial charge in [-0.25, -0.2) is 0 Å². The van der Waals surface area contributed by atoms with E-state index in [1.54, 1.807) is 6.07 Å². The Bertz CT molecular complexity index is 813. The molecule has 0 saturated heterocycles. The van der Waals surface area contributed by atoms with Gasteiger partial charge < -0.3 is 10.2 Å². The summed E-state index contributed by atoms with van der Waals surface area (Å²) in [7, 11) is 0. The van der Waals surface area contributed by atoms with Crippen molar-refractivity contribution in [3.8, 4) is 0 Å². The Hall–Kier alpha value is -2.62. The maximum atomic E-state index is 12.6. The molecule has 3 rings (SSSR count). The van der Waals surface area contributed by atoms with Gasteiger partial charge in [-0.15, -0.1) is 0 Å². The minimum atomic E-state index is -0.0844. The van der Waals surface area contributed by atoms with E-state index in [4.69, 9.17) is 0 Å². The zero-order chi connectivity index (χ0) is 18.0. The highest BCUT2D eigenvalue weighted by atomic mass is 16.2. The van der Waals surface area contributed by atoms with Gasteiger partial charge in [0.2, 0.25) is 5.91 Å². The molecule has 0 spiro atoms. The van der Waals surface area contributed by atoms with Crippen LogP contribution in [0.15, 0.2) is 42.5 Å². The fourth-order valence-corrected chi connectivity index (χ4v) is 3.42. The first kappa shape index (κ1) is 17.2. The van der Waals surface area contributed by atoms with Crippen molar-refractivity contribution in [2.45, 2.75) is 39.7 Å². The first-order valence-electron chi connectivity index (χ1n) is 8.81. The lowest BCUT2D eigenvalue weighted by Crippen LogP contribution is -2.28. The van der Waals surface area contributed by atoms with Crippen molar-refractivity contribution in [1.29, 1.82) is 0 Å². The maximum absolute atomic E-state index is 12.6. The van der Waals surface area contributed by atoms with Gasteiger partial charge >= 0.3 is 0 Å². The Morgan fingerprint density at radius 3 is 2.68 bits per heavy atom. The van der Waals surface area contributed by atoms with Gasteiger partial charge in [-0.2, -0.15) is 0 Å². The molecule has 0 fully saturated rings. The average molecular weight is 336 g/mol. The van der Waals surface area contributed by atoms with E-state index in [0.717, 1.165) is 28.8 Å². The number of carbonyl (C=O) groups excluding carboxylic acids is 2. The molecule has 1 N–H and O–H groups in total. The van der Waals surface area contributed by atoms with Crippen LogP contribution in [-0.2, 0) is 11.2 Å². The average Bonchev–Trinajstić information content (AvgIpc) is 3.04. The molecule has 1 aliphatic heterocycles. The summed E-state index contributed by atoms with van der Waals surface area (Å²) in [5.74, 6) is 0.0444. The predicted molar refractivity (Wildman–Crippen MR) is 99.9 cm³/mol. The first-order valence-corrected chi connectivity index (χ1v) is 8.81. The molecule has 1 atom stereocenters. The van der Waals surface area contributed by atoms with Gasteiger partial charge in [-0.1, -0.05) is 31.2 Å². The van der Waals surface area contributed by atoms with E-state index in [-0.39, 0.29) is 17.9 Å². The molecule has 1 aliphatic rings. The third kappa shape index (κ3) is 3.43. The molecule has 0 unspecified atom stereocenters. The third-order valence-corrected chi connectivity index (χ3v) is 4.84. The molecule has 0 radical (unpaired) electrons. The number of carbonyl (C=O) groups is 2. The number of fused-ring (bicyclic) bond motifs is 1. The fourth-order valence-electron chi connectivity index (χ4n) is 3.42. The van der Waals surface area contributed by atoms with Gasteiger partial charge in [0.15, 0.2) is 0 Å². The van der Waals surface area contributed by atoms with Crippen LogP contribution in [-0.4, -0.2) is 18.4 Å². The van der Waals surface area contributed by atoms with Crippen molar-refractivity contribution in [1.82, 2.24) is 5.32 Å². The fraction of sp³-hybridized carbons (Fsp3) is 0.333. The molecule has 0 bridgehead atoms. The predicted octanol–water partition coefficient (Wildman–Crippen LogP) is 3.79. The van der Waals surface area contributed by atoms with Gasteiger partial charge in [0.25, 0.3) is 5.91 Å². The van der Waals surface area contributed by atoms with Crippen molar-refractivity contribution in [3.05, 3.63) is 64.7 Å². The summed E-state index contributed by atoms with van der Waals surface area (Å²) >= 11 is 0. The van der Waals surface area contributed by atoms with E-state index in [2.05, 4.69) is 5.32 Å². The zero-order valence-corrected chi connectivity index (χ0v) is 15.0.